The molecule has 0 aliphatic heterocycles. The van der Waals surface area contributed by atoms with Crippen molar-refractivity contribution in [2.45, 2.75) is 6.92 Å². The molecular weight excluding hydrogens is 192 g/mol. The van der Waals surface area contributed by atoms with Gasteiger partial charge in [-0.25, -0.2) is 0 Å². The third-order valence-corrected chi connectivity index (χ3v) is 1.76. The maximum Gasteiger partial charge on any atom is 0.352 e. The number of benzene rings is 1. The lowest BCUT2D eigenvalue weighted by atomic mass is 10.1. The van der Waals surface area contributed by atoms with E-state index in [9.17, 15) is 20.2 Å². The van der Waals surface area contributed by atoms with Crippen molar-refractivity contribution in [3.05, 3.63) is 37.9 Å². The highest BCUT2D eigenvalue weighted by Gasteiger charge is 2.28. The predicted molar refractivity (Wildman–Crippen MR) is 46.2 cm³/mol. The van der Waals surface area contributed by atoms with Gasteiger partial charge in [-0.15, -0.1) is 0 Å². The summed E-state index contributed by atoms with van der Waals surface area (Å²) < 4.78 is 0. The minimum Gasteiger partial charge on any atom is -0.507 e. The average molecular weight is 198 g/mol. The summed E-state index contributed by atoms with van der Waals surface area (Å²) in [7, 11) is 0. The highest BCUT2D eigenvalue weighted by molar-refractivity contribution is 5.61. The Hall–Kier alpha value is -2.18. The molecule has 0 fully saturated rings. The van der Waals surface area contributed by atoms with Gasteiger partial charge in [0.2, 0.25) is 0 Å². The molecule has 0 saturated heterocycles. The summed E-state index contributed by atoms with van der Waals surface area (Å²) in [4.78, 5) is 19.2. The molecule has 1 aromatic rings. The molecule has 14 heavy (non-hydrogen) atoms. The largest absolute Gasteiger partial charge is 0.507 e. The van der Waals surface area contributed by atoms with E-state index in [1.165, 1.54) is 6.92 Å². The fraction of sp³-hybridized carbons (Fsp3) is 0.143. The molecule has 0 amide bonds. The number of phenols is 1. The van der Waals surface area contributed by atoms with Crippen molar-refractivity contribution in [3.63, 3.8) is 0 Å². The summed E-state index contributed by atoms with van der Waals surface area (Å²) >= 11 is 0. The average Bonchev–Trinajstić information content (AvgIpc) is 2.08. The zero-order valence-electron chi connectivity index (χ0n) is 7.13. The molecule has 0 heterocycles. The van der Waals surface area contributed by atoms with Gasteiger partial charge >= 0.3 is 11.4 Å². The van der Waals surface area contributed by atoms with Crippen molar-refractivity contribution < 1.29 is 15.0 Å². The SMILES string of the molecule is Cc1c(O)ccc([N+](=O)[O-])c1[N+](=O)[O-]. The van der Waals surface area contributed by atoms with Crippen molar-refractivity contribution in [3.8, 4) is 5.75 Å². The second-order valence-electron chi connectivity index (χ2n) is 2.59. The van der Waals surface area contributed by atoms with Crippen molar-refractivity contribution in [1.29, 1.82) is 0 Å². The minimum atomic E-state index is -0.882. The smallest absolute Gasteiger partial charge is 0.352 e. The van der Waals surface area contributed by atoms with Crippen molar-refractivity contribution in [2.24, 2.45) is 0 Å². The van der Waals surface area contributed by atoms with E-state index in [0.717, 1.165) is 12.1 Å². The van der Waals surface area contributed by atoms with Gasteiger partial charge < -0.3 is 5.11 Å². The van der Waals surface area contributed by atoms with Crippen LogP contribution in [-0.2, 0) is 0 Å². The summed E-state index contributed by atoms with van der Waals surface area (Å²) in [6.07, 6.45) is 0. The Labute approximate surface area is 77.9 Å². The molecule has 0 bridgehead atoms. The third kappa shape index (κ3) is 1.47. The minimum absolute atomic E-state index is 0.107. The molecule has 0 aliphatic carbocycles. The first-order valence-corrected chi connectivity index (χ1v) is 3.56. The van der Waals surface area contributed by atoms with Gasteiger partial charge in [0.1, 0.15) is 5.75 Å². The number of aromatic hydroxyl groups is 1. The first kappa shape index (κ1) is 9.90. The quantitative estimate of drug-likeness (QED) is 0.572. The molecule has 1 rings (SSSR count). The van der Waals surface area contributed by atoms with Crippen molar-refractivity contribution in [1.82, 2.24) is 0 Å². The van der Waals surface area contributed by atoms with E-state index in [1.807, 2.05) is 0 Å². The highest BCUT2D eigenvalue weighted by atomic mass is 16.6. The number of hydrogen-bond donors (Lipinski definition) is 1. The molecule has 74 valence electrons. The molecule has 0 aromatic heterocycles. The second-order valence-corrected chi connectivity index (χ2v) is 2.59. The molecule has 7 heteroatoms. The van der Waals surface area contributed by atoms with Gasteiger partial charge in [-0.2, -0.15) is 0 Å². The fourth-order valence-electron chi connectivity index (χ4n) is 1.05. The van der Waals surface area contributed by atoms with Crippen LogP contribution in [0.1, 0.15) is 5.56 Å². The molecule has 0 radical (unpaired) electrons. The molecule has 0 spiro atoms. The van der Waals surface area contributed by atoms with Crippen LogP contribution in [0.4, 0.5) is 11.4 Å². The fourth-order valence-corrected chi connectivity index (χ4v) is 1.05. The summed E-state index contributed by atoms with van der Waals surface area (Å²) in [5, 5.41) is 30.0. The highest BCUT2D eigenvalue weighted by Crippen LogP contribution is 2.35. The van der Waals surface area contributed by atoms with Crippen LogP contribution in [0.2, 0.25) is 0 Å². The normalized spacial score (nSPS) is 9.79. The lowest BCUT2D eigenvalue weighted by Gasteiger charge is -2.00. The van der Waals surface area contributed by atoms with Crippen molar-refractivity contribution in [2.75, 3.05) is 0 Å². The summed E-state index contributed by atoms with van der Waals surface area (Å²) in [6.45, 7) is 1.25. The lowest BCUT2D eigenvalue weighted by Crippen LogP contribution is -1.98. The second kappa shape index (κ2) is 3.29. The maximum absolute atomic E-state index is 10.5. The van der Waals surface area contributed by atoms with E-state index in [4.69, 9.17) is 5.11 Å². The van der Waals surface area contributed by atoms with Gasteiger partial charge in [-0.3, -0.25) is 20.2 Å². The molecule has 7 nitrogen and oxygen atoms in total. The molecule has 1 aromatic carbocycles. The Kier molecular flexibility index (Phi) is 2.32. The van der Waals surface area contributed by atoms with Gasteiger partial charge in [0.25, 0.3) is 0 Å². The number of nitrogens with zero attached hydrogens (tertiary/aromatic N) is 2. The summed E-state index contributed by atoms with van der Waals surface area (Å²) in [6, 6.07) is 1.96. The van der Waals surface area contributed by atoms with E-state index in [1.54, 1.807) is 0 Å². The van der Waals surface area contributed by atoms with E-state index < -0.39 is 21.2 Å². The lowest BCUT2D eigenvalue weighted by molar-refractivity contribution is -0.422. The number of hydrogen-bond acceptors (Lipinski definition) is 5. The molecule has 1 N–H and O–H groups in total. The maximum atomic E-state index is 10.5. The number of nitro groups is 2. The van der Waals surface area contributed by atoms with Gasteiger partial charge in [0, 0.05) is 6.07 Å². The summed E-state index contributed by atoms with van der Waals surface area (Å²) in [5.41, 5.74) is -1.40. The Morgan fingerprint density at radius 2 is 1.79 bits per heavy atom. The first-order chi connectivity index (χ1) is 6.45. The van der Waals surface area contributed by atoms with Crippen LogP contribution in [-0.4, -0.2) is 15.0 Å². The molecule has 0 saturated carbocycles. The molecular formula is C7H6N2O5. The third-order valence-electron chi connectivity index (χ3n) is 1.76. The van der Waals surface area contributed by atoms with Crippen LogP contribution in [0.15, 0.2) is 12.1 Å². The first-order valence-electron chi connectivity index (χ1n) is 3.56. The predicted octanol–water partition coefficient (Wildman–Crippen LogP) is 1.52. The Bertz CT molecular complexity index is 415. The Balaban J connectivity index is 3.53. The van der Waals surface area contributed by atoms with E-state index in [2.05, 4.69) is 0 Å². The summed E-state index contributed by atoms with van der Waals surface area (Å²) in [5.74, 6) is -0.331. The number of phenolic OH excluding ortho intramolecular Hbond substituents is 1. The zero-order valence-corrected chi connectivity index (χ0v) is 7.13. The van der Waals surface area contributed by atoms with E-state index in [-0.39, 0.29) is 11.3 Å². The van der Waals surface area contributed by atoms with Gasteiger partial charge in [-0.05, 0) is 13.0 Å². The van der Waals surface area contributed by atoms with Crippen LogP contribution in [0, 0.1) is 27.2 Å². The molecule has 0 atom stereocenters. The van der Waals surface area contributed by atoms with Crippen LogP contribution in [0.25, 0.3) is 0 Å². The Morgan fingerprint density at radius 3 is 2.21 bits per heavy atom. The number of nitro benzene ring substituents is 2. The van der Waals surface area contributed by atoms with Crippen LogP contribution < -0.4 is 0 Å². The van der Waals surface area contributed by atoms with Gasteiger partial charge in [0.05, 0.1) is 15.4 Å². The van der Waals surface area contributed by atoms with Gasteiger partial charge in [0.15, 0.2) is 0 Å². The number of rotatable bonds is 2. The van der Waals surface area contributed by atoms with E-state index >= 15 is 0 Å². The van der Waals surface area contributed by atoms with Crippen LogP contribution >= 0.6 is 0 Å². The van der Waals surface area contributed by atoms with E-state index in [0.29, 0.717) is 0 Å². The molecule has 0 aliphatic rings. The topological polar surface area (TPSA) is 107 Å². The van der Waals surface area contributed by atoms with Crippen molar-refractivity contribution >= 4 is 11.4 Å². The zero-order chi connectivity index (χ0) is 10.9. The van der Waals surface area contributed by atoms with Crippen LogP contribution in [0.3, 0.4) is 0 Å². The van der Waals surface area contributed by atoms with Gasteiger partial charge in [-0.1, -0.05) is 0 Å². The monoisotopic (exact) mass is 198 g/mol. The van der Waals surface area contributed by atoms with Crippen LogP contribution in [0.5, 0.6) is 5.75 Å². The molecule has 0 unspecified atom stereocenters. The standard InChI is InChI=1S/C7H6N2O5/c1-4-6(10)3-2-5(8(11)12)7(4)9(13)14/h2-3,10H,1H3. The Morgan fingerprint density at radius 1 is 1.21 bits per heavy atom.